The number of amides is 1. The smallest absolute Gasteiger partial charge is 0.279 e. The lowest BCUT2D eigenvalue weighted by molar-refractivity contribution is -0.889. The van der Waals surface area contributed by atoms with Crippen molar-refractivity contribution < 1.29 is 18.1 Å². The SMILES string of the molecule is Cc1ccc(S(=O)(=O)N2CCC[NH+](CC(=O)Nc3ccc4c(c3)CCC4)CC2)cc1. The van der Waals surface area contributed by atoms with Crippen molar-refractivity contribution in [2.75, 3.05) is 38.0 Å². The lowest BCUT2D eigenvalue weighted by Crippen LogP contribution is -3.13. The van der Waals surface area contributed by atoms with Crippen LogP contribution in [0.5, 0.6) is 0 Å². The predicted octanol–water partition coefficient (Wildman–Crippen LogP) is 1.40. The number of nitrogens with one attached hydrogen (secondary N) is 2. The molecule has 1 aliphatic carbocycles. The van der Waals surface area contributed by atoms with Gasteiger partial charge in [-0.1, -0.05) is 23.8 Å². The largest absolute Gasteiger partial charge is 0.326 e. The van der Waals surface area contributed by atoms with Crippen molar-refractivity contribution in [3.63, 3.8) is 0 Å². The molecule has 4 rings (SSSR count). The molecular formula is C23H30N3O3S+. The monoisotopic (exact) mass is 428 g/mol. The van der Waals surface area contributed by atoms with Gasteiger partial charge in [-0.05, 0) is 61.6 Å². The van der Waals surface area contributed by atoms with Crippen molar-refractivity contribution >= 4 is 21.6 Å². The van der Waals surface area contributed by atoms with Crippen molar-refractivity contribution in [3.8, 4) is 0 Å². The summed E-state index contributed by atoms with van der Waals surface area (Å²) in [6, 6.07) is 13.2. The Kier molecular flexibility index (Phi) is 6.22. The number of sulfonamides is 1. The molecule has 0 spiro atoms. The van der Waals surface area contributed by atoms with E-state index >= 15 is 0 Å². The third kappa shape index (κ3) is 4.74. The maximum Gasteiger partial charge on any atom is 0.279 e. The normalized spacial score (nSPS) is 19.8. The maximum atomic E-state index is 13.0. The second-order valence-electron chi connectivity index (χ2n) is 8.38. The van der Waals surface area contributed by atoms with Crippen LogP contribution in [-0.4, -0.2) is 51.4 Å². The van der Waals surface area contributed by atoms with E-state index in [-0.39, 0.29) is 5.91 Å². The molecule has 1 atom stereocenters. The Morgan fingerprint density at radius 1 is 1.00 bits per heavy atom. The minimum absolute atomic E-state index is 0.0159. The van der Waals surface area contributed by atoms with Gasteiger partial charge in [-0.15, -0.1) is 0 Å². The summed E-state index contributed by atoms with van der Waals surface area (Å²) >= 11 is 0. The first-order chi connectivity index (χ1) is 14.4. The summed E-state index contributed by atoms with van der Waals surface area (Å²) in [5.74, 6) is -0.0159. The van der Waals surface area contributed by atoms with E-state index < -0.39 is 10.0 Å². The van der Waals surface area contributed by atoms with Crippen LogP contribution in [0.2, 0.25) is 0 Å². The highest BCUT2D eigenvalue weighted by Gasteiger charge is 2.29. The second-order valence-corrected chi connectivity index (χ2v) is 10.3. The van der Waals surface area contributed by atoms with E-state index in [2.05, 4.69) is 17.4 Å². The zero-order chi connectivity index (χ0) is 21.1. The molecule has 1 unspecified atom stereocenters. The Bertz CT molecular complexity index is 1020. The van der Waals surface area contributed by atoms with E-state index in [9.17, 15) is 13.2 Å². The number of carbonyl (C=O) groups is 1. The third-order valence-corrected chi connectivity index (χ3v) is 8.02. The molecule has 0 bridgehead atoms. The highest BCUT2D eigenvalue weighted by Crippen LogP contribution is 2.24. The van der Waals surface area contributed by atoms with Crippen LogP contribution in [0.3, 0.4) is 0 Å². The van der Waals surface area contributed by atoms with E-state index in [4.69, 9.17) is 0 Å². The summed E-state index contributed by atoms with van der Waals surface area (Å²) in [5.41, 5.74) is 4.63. The van der Waals surface area contributed by atoms with Gasteiger partial charge in [0.25, 0.3) is 5.91 Å². The molecule has 2 aromatic rings. The molecule has 1 saturated heterocycles. The van der Waals surface area contributed by atoms with E-state index in [1.165, 1.54) is 17.5 Å². The number of anilines is 1. The number of nitrogens with zero attached hydrogens (tertiary/aromatic N) is 1. The van der Waals surface area contributed by atoms with Crippen LogP contribution in [0.1, 0.15) is 29.5 Å². The molecule has 1 amide bonds. The topological polar surface area (TPSA) is 70.9 Å². The number of benzene rings is 2. The number of hydrogen-bond donors (Lipinski definition) is 2. The number of hydrogen-bond acceptors (Lipinski definition) is 3. The molecule has 2 N–H and O–H groups in total. The first kappa shape index (κ1) is 21.0. The van der Waals surface area contributed by atoms with Gasteiger partial charge in [0.1, 0.15) is 0 Å². The summed E-state index contributed by atoms with van der Waals surface area (Å²) < 4.78 is 27.5. The predicted molar refractivity (Wildman–Crippen MR) is 117 cm³/mol. The van der Waals surface area contributed by atoms with E-state index in [0.29, 0.717) is 31.1 Å². The van der Waals surface area contributed by atoms with E-state index in [1.54, 1.807) is 16.4 Å². The fourth-order valence-corrected chi connectivity index (χ4v) is 5.86. The summed E-state index contributed by atoms with van der Waals surface area (Å²) in [6.07, 6.45) is 4.14. The average Bonchev–Trinajstić information content (AvgIpc) is 3.05. The summed E-state index contributed by atoms with van der Waals surface area (Å²) in [4.78, 5) is 14.0. The minimum Gasteiger partial charge on any atom is -0.326 e. The van der Waals surface area contributed by atoms with Crippen molar-refractivity contribution in [1.82, 2.24) is 4.31 Å². The van der Waals surface area contributed by atoms with Crippen LogP contribution in [0.25, 0.3) is 0 Å². The standard InChI is InChI=1S/C23H29N3O3S/c1-18-6-10-22(11-7-18)30(28,29)26-13-3-12-25(14-15-26)17-23(27)24-21-9-8-19-4-2-5-20(19)16-21/h6-11,16H,2-5,12-15,17H2,1H3,(H,24,27)/p+1. The molecule has 0 saturated carbocycles. The van der Waals surface area contributed by atoms with Crippen LogP contribution < -0.4 is 10.2 Å². The Morgan fingerprint density at radius 3 is 2.57 bits per heavy atom. The van der Waals surface area contributed by atoms with Gasteiger partial charge < -0.3 is 10.2 Å². The molecule has 2 aromatic carbocycles. The molecule has 1 aliphatic heterocycles. The van der Waals surface area contributed by atoms with Gasteiger partial charge in [-0.2, -0.15) is 4.31 Å². The van der Waals surface area contributed by atoms with Crippen LogP contribution in [-0.2, 0) is 27.7 Å². The molecular weight excluding hydrogens is 398 g/mol. The van der Waals surface area contributed by atoms with E-state index in [1.807, 2.05) is 25.1 Å². The highest BCUT2D eigenvalue weighted by atomic mass is 32.2. The molecule has 2 aliphatic rings. The first-order valence-electron chi connectivity index (χ1n) is 10.7. The minimum atomic E-state index is -3.49. The molecule has 0 radical (unpaired) electrons. The van der Waals surface area contributed by atoms with Gasteiger partial charge in [0, 0.05) is 18.7 Å². The maximum absolute atomic E-state index is 13.0. The lowest BCUT2D eigenvalue weighted by atomic mass is 10.1. The number of carbonyl (C=O) groups excluding carboxylic acids is 1. The fraction of sp³-hybridized carbons (Fsp3) is 0.435. The Morgan fingerprint density at radius 2 is 1.77 bits per heavy atom. The van der Waals surface area contributed by atoms with Crippen molar-refractivity contribution in [2.45, 2.75) is 37.5 Å². The Hall–Kier alpha value is -2.22. The van der Waals surface area contributed by atoms with Crippen LogP contribution >= 0.6 is 0 Å². The van der Waals surface area contributed by atoms with Gasteiger partial charge in [-0.3, -0.25) is 4.79 Å². The fourth-order valence-electron chi connectivity index (χ4n) is 4.38. The second kappa shape index (κ2) is 8.88. The summed E-state index contributed by atoms with van der Waals surface area (Å²) in [7, 11) is -3.49. The van der Waals surface area contributed by atoms with Gasteiger partial charge in [-0.25, -0.2) is 8.42 Å². The average molecular weight is 429 g/mol. The van der Waals surface area contributed by atoms with Gasteiger partial charge in [0.15, 0.2) is 6.54 Å². The van der Waals surface area contributed by atoms with Crippen LogP contribution in [0.15, 0.2) is 47.4 Å². The van der Waals surface area contributed by atoms with Crippen molar-refractivity contribution in [2.24, 2.45) is 0 Å². The highest BCUT2D eigenvalue weighted by molar-refractivity contribution is 7.89. The molecule has 6 nitrogen and oxygen atoms in total. The molecule has 30 heavy (non-hydrogen) atoms. The molecule has 1 fully saturated rings. The van der Waals surface area contributed by atoms with Gasteiger partial charge in [0.2, 0.25) is 10.0 Å². The zero-order valence-corrected chi connectivity index (χ0v) is 18.3. The number of rotatable bonds is 5. The summed E-state index contributed by atoms with van der Waals surface area (Å²) in [5, 5.41) is 3.02. The molecule has 160 valence electrons. The van der Waals surface area contributed by atoms with Gasteiger partial charge in [0.05, 0.1) is 24.5 Å². The van der Waals surface area contributed by atoms with Gasteiger partial charge >= 0.3 is 0 Å². The molecule has 0 aromatic heterocycles. The molecule has 1 heterocycles. The number of fused-ring (bicyclic) bond motifs is 1. The Labute approximate surface area is 178 Å². The number of quaternary nitrogens is 1. The van der Waals surface area contributed by atoms with E-state index in [0.717, 1.165) is 42.0 Å². The first-order valence-corrected chi connectivity index (χ1v) is 12.2. The lowest BCUT2D eigenvalue weighted by Gasteiger charge is -2.20. The van der Waals surface area contributed by atoms with Crippen LogP contribution in [0.4, 0.5) is 5.69 Å². The third-order valence-electron chi connectivity index (χ3n) is 6.10. The molecule has 7 heteroatoms. The van der Waals surface area contributed by atoms with Crippen LogP contribution in [0, 0.1) is 6.92 Å². The number of aryl methyl sites for hydroxylation is 3. The summed E-state index contributed by atoms with van der Waals surface area (Å²) in [6.45, 7) is 4.64. The van der Waals surface area contributed by atoms with Crippen molar-refractivity contribution in [1.29, 1.82) is 0 Å². The Balaban J connectivity index is 1.34. The quantitative estimate of drug-likeness (QED) is 0.756. The van der Waals surface area contributed by atoms with Crippen molar-refractivity contribution in [3.05, 3.63) is 59.2 Å². The zero-order valence-electron chi connectivity index (χ0n) is 17.5.